The lowest BCUT2D eigenvalue weighted by molar-refractivity contribution is 0.174. The molecule has 154 valence electrons. The van der Waals surface area contributed by atoms with E-state index in [1.807, 2.05) is 32.0 Å². The first-order valence-corrected chi connectivity index (χ1v) is 9.33. The number of halogens is 1. The molecule has 0 bridgehead atoms. The molecule has 3 aromatic rings. The summed E-state index contributed by atoms with van der Waals surface area (Å²) in [5.41, 5.74) is 2.87. The molecule has 0 saturated heterocycles. The monoisotopic (exact) mass is 417 g/mol. The summed E-state index contributed by atoms with van der Waals surface area (Å²) in [6.45, 7) is 2.70. The van der Waals surface area contributed by atoms with Crippen molar-refractivity contribution >= 4 is 23.4 Å². The van der Waals surface area contributed by atoms with E-state index in [1.165, 1.54) is 6.26 Å². The maximum atomic E-state index is 13.3. The third kappa shape index (κ3) is 3.78. The van der Waals surface area contributed by atoms with Crippen LogP contribution in [0.5, 0.6) is 17.2 Å². The Kier molecular flexibility index (Phi) is 6.05. The largest absolute Gasteiger partial charge is 0.507 e. The topological polar surface area (TPSA) is 72.1 Å². The molecule has 2 heterocycles. The van der Waals surface area contributed by atoms with Crippen LogP contribution in [0.1, 0.15) is 24.5 Å². The summed E-state index contributed by atoms with van der Waals surface area (Å²) in [5.74, 6) is 1.49. The Balaban J connectivity index is 0.00000240. The molecule has 1 aliphatic heterocycles. The number of fused-ring (bicyclic) bond motifs is 2. The van der Waals surface area contributed by atoms with Crippen LogP contribution in [0.15, 0.2) is 39.7 Å². The van der Waals surface area contributed by atoms with Crippen LogP contribution in [0.2, 0.25) is 0 Å². The standard InChI is InChI=1S/C22H23NO5.ClH/c1-4-5-14-8-15-21(25)17(13-6-7-18-19(9-13)28-12-27-18)11-26-22(15)16(20(14)24)10-23(2)3;/h6-9,11,24H,4-5,10,12H2,1-3H3;1H. The number of nitrogens with zero attached hydrogens (tertiary/aromatic N) is 1. The number of benzene rings is 2. The summed E-state index contributed by atoms with van der Waals surface area (Å²) in [4.78, 5) is 15.2. The lowest BCUT2D eigenvalue weighted by Crippen LogP contribution is -2.13. The smallest absolute Gasteiger partial charge is 0.231 e. The van der Waals surface area contributed by atoms with E-state index in [0.29, 0.717) is 52.1 Å². The Morgan fingerprint density at radius 1 is 1.14 bits per heavy atom. The highest BCUT2D eigenvalue weighted by Gasteiger charge is 2.20. The molecule has 1 aromatic heterocycles. The van der Waals surface area contributed by atoms with Crippen molar-refractivity contribution in [1.82, 2.24) is 4.90 Å². The van der Waals surface area contributed by atoms with E-state index < -0.39 is 0 Å². The summed E-state index contributed by atoms with van der Waals surface area (Å²) in [5, 5.41) is 11.2. The van der Waals surface area contributed by atoms with Gasteiger partial charge in [0.25, 0.3) is 0 Å². The van der Waals surface area contributed by atoms with E-state index in [-0.39, 0.29) is 30.4 Å². The molecule has 0 aliphatic carbocycles. The van der Waals surface area contributed by atoms with Gasteiger partial charge in [-0.3, -0.25) is 4.79 Å². The van der Waals surface area contributed by atoms with E-state index in [2.05, 4.69) is 0 Å². The zero-order valence-electron chi connectivity index (χ0n) is 16.7. The van der Waals surface area contributed by atoms with Crippen LogP contribution in [-0.4, -0.2) is 30.9 Å². The molecule has 0 spiro atoms. The molecule has 6 nitrogen and oxygen atoms in total. The normalized spacial score (nSPS) is 12.4. The van der Waals surface area contributed by atoms with Crippen molar-refractivity contribution in [2.75, 3.05) is 20.9 Å². The van der Waals surface area contributed by atoms with Crippen LogP contribution in [0.4, 0.5) is 0 Å². The van der Waals surface area contributed by atoms with Crippen molar-refractivity contribution in [2.24, 2.45) is 0 Å². The first-order valence-electron chi connectivity index (χ1n) is 9.33. The number of rotatable bonds is 5. The van der Waals surface area contributed by atoms with Crippen LogP contribution >= 0.6 is 12.4 Å². The minimum absolute atomic E-state index is 0. The Hall–Kier alpha value is -2.70. The van der Waals surface area contributed by atoms with Gasteiger partial charge in [0.15, 0.2) is 11.5 Å². The molecule has 0 fully saturated rings. The summed E-state index contributed by atoms with van der Waals surface area (Å²) in [6.07, 6.45) is 3.02. The van der Waals surface area contributed by atoms with Gasteiger partial charge in [-0.25, -0.2) is 0 Å². The highest BCUT2D eigenvalue weighted by molar-refractivity contribution is 5.87. The number of phenolic OH excluding ortho intramolecular Hbond substituents is 1. The Labute approximate surface area is 175 Å². The second kappa shape index (κ2) is 8.35. The van der Waals surface area contributed by atoms with Gasteiger partial charge in [-0.05, 0) is 49.8 Å². The molecule has 0 unspecified atom stereocenters. The van der Waals surface area contributed by atoms with Gasteiger partial charge in [0.1, 0.15) is 17.6 Å². The lowest BCUT2D eigenvalue weighted by Gasteiger charge is -2.16. The van der Waals surface area contributed by atoms with E-state index in [4.69, 9.17) is 13.9 Å². The SMILES string of the molecule is CCCc1cc2c(=O)c(-c3ccc4c(c3)OCO4)coc2c(CN(C)C)c1O.Cl. The number of hydrogen-bond donors (Lipinski definition) is 1. The van der Waals surface area contributed by atoms with Gasteiger partial charge in [-0.2, -0.15) is 0 Å². The predicted molar refractivity (Wildman–Crippen MR) is 114 cm³/mol. The molecule has 2 aromatic carbocycles. The van der Waals surface area contributed by atoms with Gasteiger partial charge in [0.05, 0.1) is 16.5 Å². The van der Waals surface area contributed by atoms with Crippen LogP contribution in [-0.2, 0) is 13.0 Å². The summed E-state index contributed by atoms with van der Waals surface area (Å²) in [7, 11) is 3.83. The third-order valence-corrected chi connectivity index (χ3v) is 4.89. The van der Waals surface area contributed by atoms with Gasteiger partial charge in [-0.15, -0.1) is 12.4 Å². The molecule has 0 radical (unpaired) electrons. The van der Waals surface area contributed by atoms with Gasteiger partial charge in [0.2, 0.25) is 12.2 Å². The fourth-order valence-electron chi connectivity index (χ4n) is 3.58. The van der Waals surface area contributed by atoms with Crippen molar-refractivity contribution in [3.05, 3.63) is 51.9 Å². The van der Waals surface area contributed by atoms with Crippen molar-refractivity contribution in [2.45, 2.75) is 26.3 Å². The molecule has 1 aliphatic rings. The fourth-order valence-corrected chi connectivity index (χ4v) is 3.58. The number of aryl methyl sites for hydroxylation is 1. The van der Waals surface area contributed by atoms with Gasteiger partial charge in [0, 0.05) is 6.54 Å². The second-order valence-electron chi connectivity index (χ2n) is 7.27. The first kappa shape index (κ1) is 21.0. The average molecular weight is 418 g/mol. The minimum Gasteiger partial charge on any atom is -0.507 e. The first-order chi connectivity index (χ1) is 13.5. The third-order valence-electron chi connectivity index (χ3n) is 4.89. The van der Waals surface area contributed by atoms with Crippen LogP contribution in [0.3, 0.4) is 0 Å². The molecular formula is C22H24ClNO5. The fraction of sp³-hybridized carbons (Fsp3) is 0.318. The van der Waals surface area contributed by atoms with Gasteiger partial charge in [-0.1, -0.05) is 19.4 Å². The molecule has 7 heteroatoms. The highest BCUT2D eigenvalue weighted by Crippen LogP contribution is 2.37. The molecular weight excluding hydrogens is 394 g/mol. The Morgan fingerprint density at radius 2 is 1.90 bits per heavy atom. The number of aromatic hydroxyl groups is 1. The van der Waals surface area contributed by atoms with Crippen LogP contribution in [0.25, 0.3) is 22.1 Å². The number of phenols is 1. The van der Waals surface area contributed by atoms with Crippen molar-refractivity contribution in [3.63, 3.8) is 0 Å². The quantitative estimate of drug-likeness (QED) is 0.666. The molecule has 1 N–H and O–H groups in total. The lowest BCUT2D eigenvalue weighted by atomic mass is 9.98. The summed E-state index contributed by atoms with van der Waals surface area (Å²) in [6, 6.07) is 7.15. The molecule has 0 saturated carbocycles. The van der Waals surface area contributed by atoms with E-state index >= 15 is 0 Å². The second-order valence-corrected chi connectivity index (χ2v) is 7.27. The number of ether oxygens (including phenoxy) is 2. The molecule has 0 atom stereocenters. The highest BCUT2D eigenvalue weighted by atomic mass is 35.5. The van der Waals surface area contributed by atoms with Crippen molar-refractivity contribution < 1.29 is 19.0 Å². The maximum absolute atomic E-state index is 13.3. The van der Waals surface area contributed by atoms with Crippen molar-refractivity contribution in [1.29, 1.82) is 0 Å². The van der Waals surface area contributed by atoms with Gasteiger partial charge >= 0.3 is 0 Å². The van der Waals surface area contributed by atoms with Crippen LogP contribution < -0.4 is 14.9 Å². The Bertz CT molecular complexity index is 1110. The van der Waals surface area contributed by atoms with E-state index in [1.54, 1.807) is 18.2 Å². The van der Waals surface area contributed by atoms with Gasteiger partial charge < -0.3 is 23.9 Å². The molecule has 29 heavy (non-hydrogen) atoms. The predicted octanol–water partition coefficient (Wildman–Crippen LogP) is 4.33. The molecule has 4 rings (SSSR count). The zero-order valence-corrected chi connectivity index (χ0v) is 17.5. The summed E-state index contributed by atoms with van der Waals surface area (Å²) < 4.78 is 16.7. The average Bonchev–Trinajstić information content (AvgIpc) is 3.13. The minimum atomic E-state index is -0.127. The zero-order chi connectivity index (χ0) is 19.8. The van der Waals surface area contributed by atoms with E-state index in [9.17, 15) is 9.90 Å². The van der Waals surface area contributed by atoms with Crippen LogP contribution in [0, 0.1) is 0 Å². The van der Waals surface area contributed by atoms with E-state index in [0.717, 1.165) is 12.0 Å². The Morgan fingerprint density at radius 3 is 2.62 bits per heavy atom. The summed E-state index contributed by atoms with van der Waals surface area (Å²) >= 11 is 0. The van der Waals surface area contributed by atoms with Crippen molar-refractivity contribution in [3.8, 4) is 28.4 Å². The number of hydrogen-bond acceptors (Lipinski definition) is 6. The maximum Gasteiger partial charge on any atom is 0.231 e. The molecule has 0 amide bonds.